The molecule has 0 aliphatic carbocycles. The molecule has 3 N–H and O–H groups in total. The SMILES string of the molecule is CC(N)(CO)c1cccc(SC(F)(F)F)c1. The Bertz CT molecular complexity index is 365. The molecule has 2 nitrogen and oxygen atoms in total. The Hall–Kier alpha value is -0.720. The fourth-order valence-corrected chi connectivity index (χ4v) is 1.74. The first-order valence-corrected chi connectivity index (χ1v) is 5.32. The van der Waals surface area contributed by atoms with E-state index in [0.717, 1.165) is 0 Å². The maximum Gasteiger partial charge on any atom is 0.446 e. The van der Waals surface area contributed by atoms with Crippen LogP contribution in [0.25, 0.3) is 0 Å². The summed E-state index contributed by atoms with van der Waals surface area (Å²) < 4.78 is 36.4. The first-order valence-electron chi connectivity index (χ1n) is 4.51. The Labute approximate surface area is 95.6 Å². The molecule has 0 fully saturated rings. The molecule has 0 bridgehead atoms. The highest BCUT2D eigenvalue weighted by molar-refractivity contribution is 8.00. The van der Waals surface area contributed by atoms with Crippen LogP contribution in [0.3, 0.4) is 0 Å². The highest BCUT2D eigenvalue weighted by Gasteiger charge is 2.30. The summed E-state index contributed by atoms with van der Waals surface area (Å²) in [7, 11) is 0. The fraction of sp³-hybridized carbons (Fsp3) is 0.400. The Balaban J connectivity index is 2.96. The topological polar surface area (TPSA) is 46.2 Å². The van der Waals surface area contributed by atoms with Crippen LogP contribution in [0, 0.1) is 0 Å². The molecule has 1 unspecified atom stereocenters. The number of hydrogen-bond donors (Lipinski definition) is 2. The van der Waals surface area contributed by atoms with Gasteiger partial charge >= 0.3 is 5.51 Å². The highest BCUT2D eigenvalue weighted by atomic mass is 32.2. The first-order chi connectivity index (χ1) is 7.24. The molecule has 1 atom stereocenters. The average molecular weight is 251 g/mol. The molecule has 16 heavy (non-hydrogen) atoms. The molecule has 1 aromatic rings. The molecule has 90 valence electrons. The highest BCUT2D eigenvalue weighted by Crippen LogP contribution is 2.37. The van der Waals surface area contributed by atoms with Crippen LogP contribution in [0.15, 0.2) is 29.2 Å². The zero-order valence-electron chi connectivity index (χ0n) is 8.58. The van der Waals surface area contributed by atoms with Crippen LogP contribution in [0.4, 0.5) is 13.2 Å². The molecule has 0 aliphatic rings. The molecular formula is C10H12F3NOS. The van der Waals surface area contributed by atoms with Gasteiger partial charge in [-0.15, -0.1) is 0 Å². The van der Waals surface area contributed by atoms with Crippen molar-refractivity contribution in [3.05, 3.63) is 29.8 Å². The van der Waals surface area contributed by atoms with Crippen LogP contribution in [-0.4, -0.2) is 17.2 Å². The number of rotatable bonds is 3. The van der Waals surface area contributed by atoms with E-state index in [-0.39, 0.29) is 23.3 Å². The molecule has 0 heterocycles. The van der Waals surface area contributed by atoms with Crippen molar-refractivity contribution in [2.45, 2.75) is 22.9 Å². The smallest absolute Gasteiger partial charge is 0.394 e. The summed E-state index contributed by atoms with van der Waals surface area (Å²) in [6, 6.07) is 5.78. The summed E-state index contributed by atoms with van der Waals surface area (Å²) >= 11 is -0.196. The van der Waals surface area contributed by atoms with E-state index in [4.69, 9.17) is 10.8 Å². The van der Waals surface area contributed by atoms with Crippen molar-refractivity contribution >= 4 is 11.8 Å². The largest absolute Gasteiger partial charge is 0.446 e. The monoisotopic (exact) mass is 251 g/mol. The minimum Gasteiger partial charge on any atom is -0.394 e. The van der Waals surface area contributed by atoms with Gasteiger partial charge in [-0.1, -0.05) is 12.1 Å². The second-order valence-electron chi connectivity index (χ2n) is 3.65. The van der Waals surface area contributed by atoms with E-state index in [2.05, 4.69) is 0 Å². The molecular weight excluding hydrogens is 239 g/mol. The summed E-state index contributed by atoms with van der Waals surface area (Å²) in [5.74, 6) is 0. The number of halogens is 3. The van der Waals surface area contributed by atoms with Gasteiger partial charge < -0.3 is 10.8 Å². The third kappa shape index (κ3) is 3.70. The standard InChI is InChI=1S/C10H12F3NOS/c1-9(14,6-15)7-3-2-4-8(5-7)16-10(11,12)13/h2-5,15H,6,14H2,1H3. The van der Waals surface area contributed by atoms with Gasteiger partial charge in [0, 0.05) is 4.90 Å². The van der Waals surface area contributed by atoms with Gasteiger partial charge in [-0.2, -0.15) is 13.2 Å². The molecule has 0 spiro atoms. The Morgan fingerprint density at radius 1 is 1.38 bits per heavy atom. The molecule has 0 radical (unpaired) electrons. The number of aliphatic hydroxyl groups is 1. The van der Waals surface area contributed by atoms with Gasteiger partial charge in [-0.05, 0) is 36.4 Å². The minimum atomic E-state index is -4.32. The summed E-state index contributed by atoms with van der Waals surface area (Å²) in [6.45, 7) is 1.23. The van der Waals surface area contributed by atoms with Crippen LogP contribution in [0.5, 0.6) is 0 Å². The van der Waals surface area contributed by atoms with E-state index in [1.54, 1.807) is 13.0 Å². The van der Waals surface area contributed by atoms with Gasteiger partial charge in [0.25, 0.3) is 0 Å². The van der Waals surface area contributed by atoms with Gasteiger partial charge in [-0.3, -0.25) is 0 Å². The Morgan fingerprint density at radius 2 is 2.00 bits per heavy atom. The first kappa shape index (κ1) is 13.3. The van der Waals surface area contributed by atoms with Crippen LogP contribution in [-0.2, 0) is 5.54 Å². The number of benzene rings is 1. The molecule has 0 aliphatic heterocycles. The maximum atomic E-state index is 12.1. The van der Waals surface area contributed by atoms with E-state index in [0.29, 0.717) is 5.56 Å². The molecule has 0 aromatic heterocycles. The van der Waals surface area contributed by atoms with Crippen molar-refractivity contribution in [1.29, 1.82) is 0 Å². The predicted octanol–water partition coefficient (Wildman–Crippen LogP) is 2.46. The van der Waals surface area contributed by atoms with Crippen molar-refractivity contribution in [3.8, 4) is 0 Å². The molecule has 0 amide bonds. The van der Waals surface area contributed by atoms with Crippen LogP contribution in [0.2, 0.25) is 0 Å². The van der Waals surface area contributed by atoms with Gasteiger partial charge in [0.15, 0.2) is 0 Å². The van der Waals surface area contributed by atoms with Gasteiger partial charge in [0.2, 0.25) is 0 Å². The van der Waals surface area contributed by atoms with E-state index in [1.165, 1.54) is 18.2 Å². The lowest BCUT2D eigenvalue weighted by Crippen LogP contribution is -2.36. The summed E-state index contributed by atoms with van der Waals surface area (Å²) in [5, 5.41) is 9.02. The molecule has 1 aromatic carbocycles. The van der Waals surface area contributed by atoms with Crippen LogP contribution < -0.4 is 5.73 Å². The summed E-state index contributed by atoms with van der Waals surface area (Å²) in [4.78, 5) is 0.0649. The van der Waals surface area contributed by atoms with Crippen molar-refractivity contribution in [2.75, 3.05) is 6.61 Å². The molecule has 6 heteroatoms. The third-order valence-electron chi connectivity index (χ3n) is 2.06. The zero-order chi connectivity index (χ0) is 12.4. The lowest BCUT2D eigenvalue weighted by Gasteiger charge is -2.22. The number of thioether (sulfide) groups is 1. The van der Waals surface area contributed by atoms with Crippen LogP contribution in [0.1, 0.15) is 12.5 Å². The quantitative estimate of drug-likeness (QED) is 0.811. The van der Waals surface area contributed by atoms with E-state index < -0.39 is 11.0 Å². The lowest BCUT2D eigenvalue weighted by molar-refractivity contribution is -0.0328. The second kappa shape index (κ2) is 4.65. The Kier molecular flexibility index (Phi) is 3.88. The molecule has 1 rings (SSSR count). The minimum absolute atomic E-state index is 0.0649. The van der Waals surface area contributed by atoms with E-state index >= 15 is 0 Å². The van der Waals surface area contributed by atoms with Crippen molar-refractivity contribution in [1.82, 2.24) is 0 Å². The second-order valence-corrected chi connectivity index (χ2v) is 4.79. The number of nitrogens with two attached hydrogens (primary N) is 1. The van der Waals surface area contributed by atoms with Crippen molar-refractivity contribution in [3.63, 3.8) is 0 Å². The van der Waals surface area contributed by atoms with Crippen molar-refractivity contribution in [2.24, 2.45) is 5.73 Å². The Morgan fingerprint density at radius 3 is 2.50 bits per heavy atom. The number of aliphatic hydroxyl groups excluding tert-OH is 1. The van der Waals surface area contributed by atoms with E-state index in [9.17, 15) is 13.2 Å². The summed E-state index contributed by atoms with van der Waals surface area (Å²) in [6.07, 6.45) is 0. The molecule has 0 saturated carbocycles. The summed E-state index contributed by atoms with van der Waals surface area (Å²) in [5.41, 5.74) is 0.863. The van der Waals surface area contributed by atoms with E-state index in [1.807, 2.05) is 0 Å². The fourth-order valence-electron chi connectivity index (χ4n) is 1.14. The average Bonchev–Trinajstić information content (AvgIpc) is 2.15. The predicted molar refractivity (Wildman–Crippen MR) is 57.0 cm³/mol. The zero-order valence-corrected chi connectivity index (χ0v) is 9.40. The number of alkyl halides is 3. The molecule has 0 saturated heterocycles. The van der Waals surface area contributed by atoms with Gasteiger partial charge in [0.05, 0.1) is 12.1 Å². The van der Waals surface area contributed by atoms with Gasteiger partial charge in [0.1, 0.15) is 0 Å². The van der Waals surface area contributed by atoms with Gasteiger partial charge in [-0.25, -0.2) is 0 Å². The normalized spacial score (nSPS) is 15.9. The van der Waals surface area contributed by atoms with Crippen LogP contribution >= 0.6 is 11.8 Å². The maximum absolute atomic E-state index is 12.1. The number of hydrogen-bond acceptors (Lipinski definition) is 3. The van der Waals surface area contributed by atoms with Crippen molar-refractivity contribution < 1.29 is 18.3 Å². The third-order valence-corrected chi connectivity index (χ3v) is 2.78. The lowest BCUT2D eigenvalue weighted by atomic mass is 9.94.